The van der Waals surface area contributed by atoms with Crippen LogP contribution in [0, 0.1) is 0 Å². The van der Waals surface area contributed by atoms with Crippen molar-refractivity contribution in [3.8, 4) is 0 Å². The van der Waals surface area contributed by atoms with Gasteiger partial charge in [0.1, 0.15) is 5.82 Å². The number of amides is 3. The van der Waals surface area contributed by atoms with Gasteiger partial charge in [-0.3, -0.25) is 29.1 Å². The maximum atomic E-state index is 11.7. The Balaban J connectivity index is 3.60. The van der Waals surface area contributed by atoms with Crippen molar-refractivity contribution in [2.24, 2.45) is 0 Å². The number of rotatable bonds is 2. The predicted molar refractivity (Wildman–Crippen MR) is 65.8 cm³/mol. The van der Waals surface area contributed by atoms with Gasteiger partial charge in [0.25, 0.3) is 5.56 Å². The molecule has 0 spiro atoms. The molecular weight excluding hydrogens is 256 g/mol. The highest BCUT2D eigenvalue weighted by Gasteiger charge is 2.24. The summed E-state index contributed by atoms with van der Waals surface area (Å²) in [4.78, 5) is 61.3. The Hall–Kier alpha value is -2.71. The summed E-state index contributed by atoms with van der Waals surface area (Å²) in [5.41, 5.74) is -2.27. The molecule has 0 radical (unpaired) electrons. The molecule has 1 heterocycles. The number of hydrogen-bond acceptors (Lipinski definition) is 5. The zero-order valence-electron chi connectivity index (χ0n) is 10.5. The van der Waals surface area contributed by atoms with Gasteiger partial charge in [-0.05, 0) is 0 Å². The van der Waals surface area contributed by atoms with Crippen LogP contribution < -0.4 is 21.5 Å². The molecule has 0 fully saturated rings. The summed E-state index contributed by atoms with van der Waals surface area (Å²) in [6.07, 6.45) is 0. The Morgan fingerprint density at radius 3 is 1.95 bits per heavy atom. The number of aromatic nitrogens is 2. The van der Waals surface area contributed by atoms with Gasteiger partial charge in [0.2, 0.25) is 17.7 Å². The Morgan fingerprint density at radius 2 is 1.53 bits per heavy atom. The summed E-state index contributed by atoms with van der Waals surface area (Å²) in [6.45, 7) is 3.29. The molecule has 0 atom stereocenters. The van der Waals surface area contributed by atoms with E-state index in [0.717, 1.165) is 20.8 Å². The number of imide groups is 1. The fraction of sp³-hybridized carbons (Fsp3) is 0.300. The van der Waals surface area contributed by atoms with E-state index < -0.39 is 34.7 Å². The molecule has 102 valence electrons. The molecule has 0 saturated heterocycles. The number of nitrogens with zero attached hydrogens (tertiary/aromatic N) is 1. The van der Waals surface area contributed by atoms with Crippen LogP contribution in [-0.2, 0) is 14.4 Å². The zero-order chi connectivity index (χ0) is 14.7. The second-order valence-corrected chi connectivity index (χ2v) is 3.69. The molecule has 0 aliphatic carbocycles. The second-order valence-electron chi connectivity index (χ2n) is 3.69. The third-order valence-corrected chi connectivity index (χ3v) is 2.07. The SMILES string of the molecule is CC(=O)Nc1[nH]c(=O)[nH]c(=O)c1N(C(C)=O)C(C)=O. The molecular formula is C10H12N4O5. The van der Waals surface area contributed by atoms with Crippen LogP contribution >= 0.6 is 0 Å². The summed E-state index contributed by atoms with van der Waals surface area (Å²) in [6, 6.07) is 0. The maximum absolute atomic E-state index is 11.7. The third-order valence-electron chi connectivity index (χ3n) is 2.07. The minimum Gasteiger partial charge on any atom is -0.310 e. The van der Waals surface area contributed by atoms with E-state index in [1.165, 1.54) is 0 Å². The summed E-state index contributed by atoms with van der Waals surface area (Å²) in [5.74, 6) is -2.34. The van der Waals surface area contributed by atoms with Gasteiger partial charge in [0, 0.05) is 20.8 Å². The molecule has 1 aromatic heterocycles. The van der Waals surface area contributed by atoms with Crippen LogP contribution in [0.1, 0.15) is 20.8 Å². The second kappa shape index (κ2) is 5.29. The predicted octanol–water partition coefficient (Wildman–Crippen LogP) is -1.08. The highest BCUT2D eigenvalue weighted by atomic mass is 16.2. The van der Waals surface area contributed by atoms with Gasteiger partial charge < -0.3 is 5.32 Å². The lowest BCUT2D eigenvalue weighted by Gasteiger charge is -2.18. The average molecular weight is 268 g/mol. The Labute approximate surface area is 106 Å². The van der Waals surface area contributed by atoms with Crippen LogP contribution in [0.3, 0.4) is 0 Å². The van der Waals surface area contributed by atoms with Crippen molar-refractivity contribution < 1.29 is 14.4 Å². The van der Waals surface area contributed by atoms with Gasteiger partial charge in [-0.1, -0.05) is 0 Å². The third kappa shape index (κ3) is 3.15. The van der Waals surface area contributed by atoms with Crippen LogP contribution in [0.4, 0.5) is 11.5 Å². The van der Waals surface area contributed by atoms with Gasteiger partial charge in [-0.25, -0.2) is 9.69 Å². The van der Waals surface area contributed by atoms with Crippen molar-refractivity contribution in [3.05, 3.63) is 20.8 Å². The highest BCUT2D eigenvalue weighted by Crippen LogP contribution is 2.17. The average Bonchev–Trinajstić information content (AvgIpc) is 2.20. The number of H-pyrrole nitrogens is 2. The summed E-state index contributed by atoms with van der Waals surface area (Å²) >= 11 is 0. The number of carbonyl (C=O) groups excluding carboxylic acids is 3. The van der Waals surface area contributed by atoms with Gasteiger partial charge in [0.15, 0.2) is 5.69 Å². The standard InChI is InChI=1S/C10H12N4O5/c1-4(15)11-8-7(9(18)13-10(19)12-8)14(5(2)16)6(3)17/h1-3H3,(H3,11,12,13,15,18,19). The smallest absolute Gasteiger partial charge is 0.310 e. The number of hydrogen-bond donors (Lipinski definition) is 3. The summed E-state index contributed by atoms with van der Waals surface area (Å²) in [7, 11) is 0. The van der Waals surface area contributed by atoms with E-state index in [4.69, 9.17) is 0 Å². The molecule has 0 aromatic carbocycles. The fourth-order valence-corrected chi connectivity index (χ4v) is 1.50. The molecule has 9 nitrogen and oxygen atoms in total. The minimum atomic E-state index is -0.960. The van der Waals surface area contributed by atoms with E-state index in [1.54, 1.807) is 0 Å². The van der Waals surface area contributed by atoms with E-state index in [0.29, 0.717) is 4.90 Å². The van der Waals surface area contributed by atoms with Crippen LogP contribution in [0.25, 0.3) is 0 Å². The Kier molecular flexibility index (Phi) is 4.00. The highest BCUT2D eigenvalue weighted by molar-refractivity contribution is 6.15. The first-order valence-corrected chi connectivity index (χ1v) is 5.19. The van der Waals surface area contributed by atoms with Crippen LogP contribution in [0.15, 0.2) is 9.59 Å². The van der Waals surface area contributed by atoms with Gasteiger partial charge in [-0.2, -0.15) is 0 Å². The van der Waals surface area contributed by atoms with E-state index in [1.807, 2.05) is 4.98 Å². The first kappa shape index (κ1) is 14.4. The van der Waals surface area contributed by atoms with Crippen LogP contribution in [-0.4, -0.2) is 27.7 Å². The van der Waals surface area contributed by atoms with Crippen LogP contribution in [0.5, 0.6) is 0 Å². The zero-order valence-corrected chi connectivity index (χ0v) is 10.5. The molecule has 1 aromatic rings. The monoisotopic (exact) mass is 268 g/mol. The topological polar surface area (TPSA) is 132 Å². The Bertz CT molecular complexity index is 643. The fourth-order valence-electron chi connectivity index (χ4n) is 1.50. The van der Waals surface area contributed by atoms with Crippen molar-refractivity contribution in [1.29, 1.82) is 0 Å². The molecule has 1 rings (SSSR count). The number of aromatic amines is 2. The maximum Gasteiger partial charge on any atom is 0.327 e. The molecule has 3 amide bonds. The number of nitrogens with one attached hydrogen (secondary N) is 3. The lowest BCUT2D eigenvalue weighted by Crippen LogP contribution is -2.40. The molecule has 3 N–H and O–H groups in total. The first-order chi connectivity index (χ1) is 8.73. The van der Waals surface area contributed by atoms with Crippen LogP contribution in [0.2, 0.25) is 0 Å². The van der Waals surface area contributed by atoms with Gasteiger partial charge in [-0.15, -0.1) is 0 Å². The van der Waals surface area contributed by atoms with Crippen molar-refractivity contribution in [3.63, 3.8) is 0 Å². The largest absolute Gasteiger partial charge is 0.327 e. The van der Waals surface area contributed by atoms with Gasteiger partial charge in [0.05, 0.1) is 0 Å². The Morgan fingerprint density at radius 1 is 1.00 bits per heavy atom. The van der Waals surface area contributed by atoms with E-state index >= 15 is 0 Å². The number of carbonyl (C=O) groups is 3. The van der Waals surface area contributed by atoms with E-state index in [-0.39, 0.29) is 5.82 Å². The van der Waals surface area contributed by atoms with Crippen molar-refractivity contribution in [2.45, 2.75) is 20.8 Å². The lowest BCUT2D eigenvalue weighted by atomic mass is 10.3. The van der Waals surface area contributed by atoms with E-state index in [2.05, 4.69) is 10.3 Å². The summed E-state index contributed by atoms with van der Waals surface area (Å²) in [5, 5.41) is 2.18. The van der Waals surface area contributed by atoms with Gasteiger partial charge >= 0.3 is 5.69 Å². The van der Waals surface area contributed by atoms with Crippen molar-refractivity contribution in [2.75, 3.05) is 10.2 Å². The molecule has 0 aliphatic heterocycles. The molecule has 19 heavy (non-hydrogen) atoms. The van der Waals surface area contributed by atoms with Crippen molar-refractivity contribution in [1.82, 2.24) is 9.97 Å². The molecule has 0 saturated carbocycles. The lowest BCUT2D eigenvalue weighted by molar-refractivity contribution is -0.124. The molecule has 0 bridgehead atoms. The normalized spacial score (nSPS) is 9.84. The van der Waals surface area contributed by atoms with Crippen molar-refractivity contribution >= 4 is 29.2 Å². The molecule has 0 aliphatic rings. The summed E-state index contributed by atoms with van der Waals surface area (Å²) < 4.78 is 0. The molecule has 9 heteroatoms. The minimum absolute atomic E-state index is 0.313. The first-order valence-electron chi connectivity index (χ1n) is 5.19. The van der Waals surface area contributed by atoms with E-state index in [9.17, 15) is 24.0 Å². The quantitative estimate of drug-likeness (QED) is 0.627. The molecule has 0 unspecified atom stereocenters. The number of anilines is 2.